The Morgan fingerprint density at radius 2 is 2.00 bits per heavy atom. The third-order valence-electron chi connectivity index (χ3n) is 4.08. The van der Waals surface area contributed by atoms with Gasteiger partial charge in [-0.1, -0.05) is 6.07 Å². The van der Waals surface area contributed by atoms with Crippen LogP contribution >= 0.6 is 0 Å². The monoisotopic (exact) mass is 294 g/mol. The highest BCUT2D eigenvalue weighted by Crippen LogP contribution is 2.35. The van der Waals surface area contributed by atoms with Gasteiger partial charge in [0.15, 0.2) is 0 Å². The fourth-order valence-corrected chi connectivity index (χ4v) is 3.12. The van der Waals surface area contributed by atoms with E-state index in [1.165, 1.54) is 12.1 Å². The first-order valence-electron chi connectivity index (χ1n) is 7.02. The molecular formula is C16H17F3N2. The van der Waals surface area contributed by atoms with Gasteiger partial charge in [0.1, 0.15) is 0 Å². The van der Waals surface area contributed by atoms with Crippen LogP contribution in [0.3, 0.4) is 0 Å². The molecule has 1 aromatic carbocycles. The topological polar surface area (TPSA) is 30.9 Å². The molecule has 1 aliphatic carbocycles. The van der Waals surface area contributed by atoms with Crippen molar-refractivity contribution in [1.29, 1.82) is 0 Å². The first kappa shape index (κ1) is 14.2. The molecule has 5 heteroatoms. The number of benzene rings is 1. The minimum absolute atomic E-state index is 0.0144. The van der Waals surface area contributed by atoms with E-state index >= 15 is 0 Å². The Morgan fingerprint density at radius 1 is 1.24 bits per heavy atom. The number of aromatic nitrogens is 1. The van der Waals surface area contributed by atoms with E-state index in [1.54, 1.807) is 6.07 Å². The lowest BCUT2D eigenvalue weighted by Crippen LogP contribution is -2.18. The number of nitrogens with two attached hydrogens (primary N) is 1. The zero-order valence-corrected chi connectivity index (χ0v) is 11.7. The third kappa shape index (κ3) is 2.46. The van der Waals surface area contributed by atoms with E-state index in [2.05, 4.69) is 0 Å². The van der Waals surface area contributed by atoms with E-state index < -0.39 is 11.7 Å². The van der Waals surface area contributed by atoms with Crippen LogP contribution in [-0.4, -0.2) is 4.57 Å². The Kier molecular flexibility index (Phi) is 3.32. The number of rotatable bonds is 1. The molecule has 0 amide bonds. The number of nitrogens with zero attached hydrogens (tertiary/aromatic N) is 1. The number of hydrogen-bond acceptors (Lipinski definition) is 1. The molecular weight excluding hydrogens is 277 g/mol. The maximum absolute atomic E-state index is 12.9. The molecule has 1 aromatic heterocycles. The highest BCUT2D eigenvalue weighted by molar-refractivity contribution is 5.45. The van der Waals surface area contributed by atoms with Crippen molar-refractivity contribution in [2.24, 2.45) is 5.73 Å². The van der Waals surface area contributed by atoms with Gasteiger partial charge in [0, 0.05) is 23.1 Å². The SMILES string of the molecule is Cc1cc2c(n1-c1cccc(C(F)(F)F)c1)CCC[C@H]2N. The van der Waals surface area contributed by atoms with Gasteiger partial charge >= 0.3 is 6.18 Å². The first-order valence-corrected chi connectivity index (χ1v) is 7.02. The van der Waals surface area contributed by atoms with Gasteiger partial charge in [-0.05, 0) is 56.0 Å². The molecule has 2 aromatic rings. The van der Waals surface area contributed by atoms with Crippen LogP contribution in [-0.2, 0) is 12.6 Å². The average molecular weight is 294 g/mol. The van der Waals surface area contributed by atoms with Gasteiger partial charge in [-0.2, -0.15) is 13.2 Å². The summed E-state index contributed by atoms with van der Waals surface area (Å²) < 4.78 is 40.6. The minimum atomic E-state index is -4.33. The highest BCUT2D eigenvalue weighted by Gasteiger charge is 2.31. The lowest BCUT2D eigenvalue weighted by Gasteiger charge is -2.21. The summed E-state index contributed by atoms with van der Waals surface area (Å²) >= 11 is 0. The van der Waals surface area contributed by atoms with E-state index in [1.807, 2.05) is 17.6 Å². The number of halogens is 3. The summed E-state index contributed by atoms with van der Waals surface area (Å²) in [4.78, 5) is 0. The Morgan fingerprint density at radius 3 is 2.71 bits per heavy atom. The molecule has 21 heavy (non-hydrogen) atoms. The third-order valence-corrected chi connectivity index (χ3v) is 4.08. The molecule has 0 saturated carbocycles. The molecule has 1 heterocycles. The predicted molar refractivity (Wildman–Crippen MR) is 75.4 cm³/mol. The number of aryl methyl sites for hydroxylation is 1. The molecule has 0 radical (unpaired) electrons. The molecule has 1 aliphatic rings. The second-order valence-electron chi connectivity index (χ2n) is 5.57. The van der Waals surface area contributed by atoms with Crippen LogP contribution in [0.5, 0.6) is 0 Å². The van der Waals surface area contributed by atoms with Gasteiger partial charge in [0.25, 0.3) is 0 Å². The summed E-state index contributed by atoms with van der Waals surface area (Å²) in [5.74, 6) is 0. The zero-order chi connectivity index (χ0) is 15.2. The smallest absolute Gasteiger partial charge is 0.324 e. The molecule has 0 saturated heterocycles. The van der Waals surface area contributed by atoms with E-state index in [0.29, 0.717) is 5.69 Å². The van der Waals surface area contributed by atoms with Gasteiger partial charge in [-0.15, -0.1) is 0 Å². The number of fused-ring (bicyclic) bond motifs is 1. The van der Waals surface area contributed by atoms with Crippen molar-refractivity contribution in [3.8, 4) is 5.69 Å². The summed E-state index contributed by atoms with van der Waals surface area (Å²) in [5.41, 5.74) is 9.08. The van der Waals surface area contributed by atoms with Crippen LogP contribution in [0.15, 0.2) is 30.3 Å². The molecule has 2 nitrogen and oxygen atoms in total. The number of hydrogen-bond donors (Lipinski definition) is 1. The molecule has 3 rings (SSSR count). The van der Waals surface area contributed by atoms with Crippen molar-refractivity contribution < 1.29 is 13.2 Å². The van der Waals surface area contributed by atoms with Gasteiger partial charge in [-0.3, -0.25) is 0 Å². The predicted octanol–water partition coefficient (Wildman–Crippen LogP) is 4.14. The molecule has 0 fully saturated rings. The molecule has 112 valence electrons. The average Bonchev–Trinajstić information content (AvgIpc) is 2.76. The van der Waals surface area contributed by atoms with Crippen molar-refractivity contribution in [1.82, 2.24) is 4.57 Å². The van der Waals surface area contributed by atoms with Crippen LogP contribution in [0.4, 0.5) is 13.2 Å². The van der Waals surface area contributed by atoms with E-state index in [0.717, 1.165) is 42.3 Å². The van der Waals surface area contributed by atoms with Gasteiger partial charge in [0.05, 0.1) is 5.56 Å². The maximum atomic E-state index is 12.9. The van der Waals surface area contributed by atoms with E-state index in [4.69, 9.17) is 5.73 Å². The highest BCUT2D eigenvalue weighted by atomic mass is 19.4. The van der Waals surface area contributed by atoms with Crippen molar-refractivity contribution in [3.63, 3.8) is 0 Å². The van der Waals surface area contributed by atoms with Crippen LogP contribution in [0, 0.1) is 6.92 Å². The fraction of sp³-hybridized carbons (Fsp3) is 0.375. The Labute approximate surface area is 121 Å². The van der Waals surface area contributed by atoms with Crippen molar-refractivity contribution in [2.45, 2.75) is 38.4 Å². The van der Waals surface area contributed by atoms with Crippen molar-refractivity contribution >= 4 is 0 Å². The minimum Gasteiger partial charge on any atom is -0.324 e. The quantitative estimate of drug-likeness (QED) is 0.842. The number of alkyl halides is 3. The second kappa shape index (κ2) is 4.91. The van der Waals surface area contributed by atoms with Crippen LogP contribution < -0.4 is 5.73 Å². The van der Waals surface area contributed by atoms with Crippen LogP contribution in [0.2, 0.25) is 0 Å². The maximum Gasteiger partial charge on any atom is 0.416 e. The fourth-order valence-electron chi connectivity index (χ4n) is 3.12. The Balaban J connectivity index is 2.13. The molecule has 1 atom stereocenters. The first-order chi connectivity index (χ1) is 9.88. The van der Waals surface area contributed by atoms with Crippen molar-refractivity contribution in [3.05, 3.63) is 52.8 Å². The molecule has 0 bridgehead atoms. The van der Waals surface area contributed by atoms with Crippen LogP contribution in [0.25, 0.3) is 5.69 Å². The lowest BCUT2D eigenvalue weighted by atomic mass is 9.93. The van der Waals surface area contributed by atoms with Crippen molar-refractivity contribution in [2.75, 3.05) is 0 Å². The van der Waals surface area contributed by atoms with Crippen LogP contribution in [0.1, 0.15) is 41.4 Å². The summed E-state index contributed by atoms with van der Waals surface area (Å²) in [6.45, 7) is 1.91. The normalized spacial score (nSPS) is 18.6. The van der Waals surface area contributed by atoms with Gasteiger partial charge in [0.2, 0.25) is 0 Å². The second-order valence-corrected chi connectivity index (χ2v) is 5.57. The zero-order valence-electron chi connectivity index (χ0n) is 11.7. The summed E-state index contributed by atoms with van der Waals surface area (Å²) in [6, 6.07) is 7.45. The van der Waals surface area contributed by atoms with Gasteiger partial charge < -0.3 is 10.3 Å². The molecule has 0 aliphatic heterocycles. The largest absolute Gasteiger partial charge is 0.416 e. The Bertz CT molecular complexity index is 671. The molecule has 0 spiro atoms. The lowest BCUT2D eigenvalue weighted by molar-refractivity contribution is -0.137. The summed E-state index contributed by atoms with van der Waals surface area (Å²) in [7, 11) is 0. The molecule has 0 unspecified atom stereocenters. The van der Waals surface area contributed by atoms with E-state index in [-0.39, 0.29) is 6.04 Å². The Hall–Kier alpha value is -1.75. The summed E-state index contributed by atoms with van der Waals surface area (Å²) in [5, 5.41) is 0. The van der Waals surface area contributed by atoms with E-state index in [9.17, 15) is 13.2 Å². The molecule has 2 N–H and O–H groups in total. The standard InChI is InChI=1S/C16H17F3N2/c1-10-8-13-14(20)6-3-7-15(13)21(10)12-5-2-4-11(9-12)16(17,18)19/h2,4-5,8-9,14H,3,6-7,20H2,1H3/t14-/m1/s1. The summed E-state index contributed by atoms with van der Waals surface area (Å²) in [6.07, 6.45) is -1.57. The van der Waals surface area contributed by atoms with Gasteiger partial charge in [-0.25, -0.2) is 0 Å².